The van der Waals surface area contributed by atoms with Crippen LogP contribution in [0.4, 0.5) is 22.0 Å². The first kappa shape index (κ1) is 18.4. The van der Waals surface area contributed by atoms with Gasteiger partial charge in [-0.2, -0.15) is 13.2 Å². The van der Waals surface area contributed by atoms with Crippen LogP contribution in [-0.2, 0) is 0 Å². The number of alkyl halides is 5. The Balaban J connectivity index is 0.00000324. The van der Waals surface area contributed by atoms with Crippen molar-refractivity contribution in [2.24, 2.45) is 5.73 Å². The molecule has 0 bridgehead atoms. The van der Waals surface area contributed by atoms with Crippen molar-refractivity contribution in [1.82, 2.24) is 0 Å². The molecule has 0 aliphatic rings. The quantitative estimate of drug-likeness (QED) is 0.660. The predicted octanol–water partition coefficient (Wildman–Crippen LogP) is 3.35. The van der Waals surface area contributed by atoms with Gasteiger partial charge in [-0.25, -0.2) is 8.78 Å². The van der Waals surface area contributed by atoms with Crippen LogP contribution in [0.15, 0.2) is 29.2 Å². The highest BCUT2D eigenvalue weighted by Gasteiger charge is 2.37. The smallest absolute Gasteiger partial charge is 0.390 e. The average molecular weight is 324 g/mol. The summed E-state index contributed by atoms with van der Waals surface area (Å²) in [7, 11) is 0. The molecule has 0 aliphatic carbocycles. The molecule has 1 rings (SSSR count). The minimum Gasteiger partial charge on any atom is -0.390 e. The van der Waals surface area contributed by atoms with Gasteiger partial charge in [-0.05, 0) is 29.5 Å². The molecule has 0 unspecified atom stereocenters. The van der Waals surface area contributed by atoms with E-state index in [9.17, 15) is 22.0 Å². The first-order valence-electron chi connectivity index (χ1n) is 4.75. The van der Waals surface area contributed by atoms with E-state index in [-0.39, 0.29) is 34.6 Å². The fraction of sp³-hybridized carbons (Fsp3) is 0.400. The summed E-state index contributed by atoms with van der Waals surface area (Å²) < 4.78 is 62.2. The highest BCUT2D eigenvalue weighted by atomic mass is 35.5. The van der Waals surface area contributed by atoms with Crippen LogP contribution in [0.1, 0.15) is 11.6 Å². The van der Waals surface area contributed by atoms with E-state index in [4.69, 9.17) is 10.8 Å². The van der Waals surface area contributed by atoms with Gasteiger partial charge in [0.1, 0.15) is 6.61 Å². The van der Waals surface area contributed by atoms with E-state index in [2.05, 4.69) is 0 Å². The highest BCUT2D eigenvalue weighted by molar-refractivity contribution is 8.00. The minimum absolute atomic E-state index is 0. The third-order valence-electron chi connectivity index (χ3n) is 2.14. The van der Waals surface area contributed by atoms with Crippen LogP contribution in [-0.4, -0.2) is 23.1 Å². The summed E-state index contributed by atoms with van der Waals surface area (Å²) in [4.78, 5) is -0.120. The Morgan fingerprint density at radius 2 is 1.58 bits per heavy atom. The summed E-state index contributed by atoms with van der Waals surface area (Å²) in [6.45, 7) is -1.42. The molecule has 0 radical (unpaired) electrons. The molecule has 0 spiro atoms. The van der Waals surface area contributed by atoms with Crippen LogP contribution in [0.2, 0.25) is 0 Å². The second kappa shape index (κ2) is 6.74. The first-order valence-corrected chi connectivity index (χ1v) is 5.57. The van der Waals surface area contributed by atoms with Gasteiger partial charge in [-0.15, -0.1) is 12.4 Å². The Morgan fingerprint density at radius 1 is 1.11 bits per heavy atom. The normalized spacial score (nSPS) is 13.8. The molecule has 110 valence electrons. The van der Waals surface area contributed by atoms with Crippen molar-refractivity contribution in [1.29, 1.82) is 0 Å². The average Bonchev–Trinajstić information content (AvgIpc) is 2.27. The first-order chi connectivity index (χ1) is 8.15. The zero-order valence-corrected chi connectivity index (χ0v) is 11.0. The van der Waals surface area contributed by atoms with Crippen LogP contribution in [0.25, 0.3) is 0 Å². The van der Waals surface area contributed by atoms with Crippen molar-refractivity contribution in [3.8, 4) is 0 Å². The van der Waals surface area contributed by atoms with Gasteiger partial charge in [-0.1, -0.05) is 12.1 Å². The molecule has 1 aromatic rings. The number of benzene rings is 1. The van der Waals surface area contributed by atoms with Crippen molar-refractivity contribution in [3.05, 3.63) is 29.8 Å². The van der Waals surface area contributed by atoms with Crippen LogP contribution in [0.5, 0.6) is 0 Å². The monoisotopic (exact) mass is 323 g/mol. The maximum atomic E-state index is 13.0. The molecule has 1 aromatic carbocycles. The number of halogens is 6. The van der Waals surface area contributed by atoms with E-state index in [0.29, 0.717) is 0 Å². The topological polar surface area (TPSA) is 46.2 Å². The van der Waals surface area contributed by atoms with Gasteiger partial charge < -0.3 is 10.8 Å². The standard InChI is InChI=1S/C10H10F5NOS.ClH/c11-9(12,5-17)8(16)6-1-3-7(4-2-6)18-10(13,14)15;/h1-4,8,17H,5,16H2;1H/t8-;/m1./s1. The number of rotatable bonds is 4. The summed E-state index contributed by atoms with van der Waals surface area (Å²) >= 11 is -0.343. The number of nitrogens with two attached hydrogens (primary N) is 1. The van der Waals surface area contributed by atoms with E-state index in [1.54, 1.807) is 0 Å². The molecule has 0 saturated heterocycles. The number of hydrogen-bond acceptors (Lipinski definition) is 3. The summed E-state index contributed by atoms with van der Waals surface area (Å²) in [5.41, 5.74) is 0.749. The number of aliphatic hydroxyl groups is 1. The van der Waals surface area contributed by atoms with Crippen LogP contribution < -0.4 is 5.73 Å². The molecule has 1 atom stereocenters. The van der Waals surface area contributed by atoms with Crippen LogP contribution in [0, 0.1) is 0 Å². The fourth-order valence-corrected chi connectivity index (χ4v) is 1.76. The van der Waals surface area contributed by atoms with Gasteiger partial charge in [0.2, 0.25) is 0 Å². The van der Waals surface area contributed by atoms with Gasteiger partial charge in [0.15, 0.2) is 0 Å². The Labute approximate surface area is 116 Å². The molecule has 9 heteroatoms. The minimum atomic E-state index is -4.43. The Morgan fingerprint density at radius 3 is 1.95 bits per heavy atom. The molecule has 0 amide bonds. The largest absolute Gasteiger partial charge is 0.446 e. The molecule has 19 heavy (non-hydrogen) atoms. The number of hydrogen-bond donors (Lipinski definition) is 2. The van der Waals surface area contributed by atoms with Gasteiger partial charge in [0.05, 0.1) is 6.04 Å². The van der Waals surface area contributed by atoms with Gasteiger partial charge in [0, 0.05) is 4.90 Å². The molecule has 0 aliphatic heterocycles. The summed E-state index contributed by atoms with van der Waals surface area (Å²) in [5, 5.41) is 8.45. The lowest BCUT2D eigenvalue weighted by Crippen LogP contribution is -2.36. The molecule has 0 fully saturated rings. The molecule has 2 nitrogen and oxygen atoms in total. The van der Waals surface area contributed by atoms with Gasteiger partial charge >= 0.3 is 5.51 Å². The zero-order valence-electron chi connectivity index (χ0n) is 9.32. The Hall–Kier alpha value is -0.570. The molecule has 0 saturated carbocycles. The lowest BCUT2D eigenvalue weighted by molar-refractivity contribution is -0.0712. The van der Waals surface area contributed by atoms with Crippen molar-refractivity contribution >= 4 is 24.2 Å². The van der Waals surface area contributed by atoms with E-state index in [1.165, 1.54) is 0 Å². The van der Waals surface area contributed by atoms with Gasteiger partial charge in [0.25, 0.3) is 5.92 Å². The molecular formula is C10H11ClF5NOS. The van der Waals surface area contributed by atoms with Crippen molar-refractivity contribution in [3.63, 3.8) is 0 Å². The maximum Gasteiger partial charge on any atom is 0.446 e. The lowest BCUT2D eigenvalue weighted by atomic mass is 10.0. The van der Waals surface area contributed by atoms with Gasteiger partial charge in [-0.3, -0.25) is 0 Å². The third kappa shape index (κ3) is 5.52. The number of thioether (sulfide) groups is 1. The third-order valence-corrected chi connectivity index (χ3v) is 2.88. The van der Waals surface area contributed by atoms with E-state index in [1.807, 2.05) is 0 Å². The predicted molar refractivity (Wildman–Crippen MR) is 64.6 cm³/mol. The van der Waals surface area contributed by atoms with Crippen molar-refractivity contribution in [2.75, 3.05) is 6.61 Å². The number of aliphatic hydroxyl groups excluding tert-OH is 1. The maximum absolute atomic E-state index is 13.0. The second-order valence-corrected chi connectivity index (χ2v) is 4.65. The molecule has 0 aromatic heterocycles. The Bertz CT molecular complexity index is 398. The second-order valence-electron chi connectivity index (χ2n) is 3.51. The lowest BCUT2D eigenvalue weighted by Gasteiger charge is -2.21. The highest BCUT2D eigenvalue weighted by Crippen LogP contribution is 2.37. The summed E-state index contributed by atoms with van der Waals surface area (Å²) in [6, 6.07) is 2.53. The van der Waals surface area contributed by atoms with Crippen LogP contribution in [0.3, 0.4) is 0 Å². The van der Waals surface area contributed by atoms with E-state index < -0.39 is 24.1 Å². The Kier molecular flexibility index (Phi) is 6.53. The molecule has 0 heterocycles. The van der Waals surface area contributed by atoms with E-state index in [0.717, 1.165) is 24.3 Å². The summed E-state index contributed by atoms with van der Waals surface area (Å²) in [6.07, 6.45) is 0. The van der Waals surface area contributed by atoms with Crippen LogP contribution >= 0.6 is 24.2 Å². The zero-order chi connectivity index (χ0) is 14.0. The molecule has 3 N–H and O–H groups in total. The molecular weight excluding hydrogens is 313 g/mol. The van der Waals surface area contributed by atoms with Crippen molar-refractivity contribution < 1.29 is 27.1 Å². The summed E-state index contributed by atoms with van der Waals surface area (Å²) in [5.74, 6) is -3.52. The van der Waals surface area contributed by atoms with Crippen molar-refractivity contribution in [2.45, 2.75) is 22.4 Å². The SMILES string of the molecule is Cl.N[C@H](c1ccc(SC(F)(F)F)cc1)C(F)(F)CO. The fourth-order valence-electron chi connectivity index (χ4n) is 1.22. The van der Waals surface area contributed by atoms with E-state index >= 15 is 0 Å².